The van der Waals surface area contributed by atoms with Crippen LogP contribution in [0.5, 0.6) is 0 Å². The van der Waals surface area contributed by atoms with Crippen molar-refractivity contribution in [2.75, 3.05) is 32.8 Å². The average molecular weight is 331 g/mol. The van der Waals surface area contributed by atoms with E-state index in [1.54, 1.807) is 6.07 Å². The fourth-order valence-electron chi connectivity index (χ4n) is 3.58. The molecule has 1 aromatic rings. The summed E-state index contributed by atoms with van der Waals surface area (Å²) < 4.78 is 5.63. The molecule has 1 spiro atoms. The molecule has 1 atom stereocenters. The Balaban J connectivity index is 1.76. The SMILES string of the molecule is Cc1cccc(C(=O)N2CCC3(COCC(=O)N(C(C)C)C3)C2)n1. The fraction of sp³-hybridized carbons (Fsp3) is 0.611. The summed E-state index contributed by atoms with van der Waals surface area (Å²) >= 11 is 0. The summed E-state index contributed by atoms with van der Waals surface area (Å²) in [6, 6.07) is 5.63. The first-order valence-electron chi connectivity index (χ1n) is 8.50. The normalized spacial score (nSPS) is 24.8. The topological polar surface area (TPSA) is 62.7 Å². The number of hydrogen-bond donors (Lipinski definition) is 0. The molecule has 2 aliphatic rings. The Hall–Kier alpha value is -1.95. The Bertz CT molecular complexity index is 646. The van der Waals surface area contributed by atoms with Crippen molar-refractivity contribution in [2.24, 2.45) is 5.41 Å². The molecular weight excluding hydrogens is 306 g/mol. The van der Waals surface area contributed by atoms with Crippen molar-refractivity contribution in [3.8, 4) is 0 Å². The van der Waals surface area contributed by atoms with Crippen LogP contribution >= 0.6 is 0 Å². The van der Waals surface area contributed by atoms with Gasteiger partial charge in [-0.05, 0) is 39.3 Å². The predicted molar refractivity (Wildman–Crippen MR) is 89.6 cm³/mol. The van der Waals surface area contributed by atoms with E-state index in [0.717, 1.165) is 12.1 Å². The van der Waals surface area contributed by atoms with E-state index in [0.29, 0.717) is 31.9 Å². The van der Waals surface area contributed by atoms with E-state index in [2.05, 4.69) is 4.98 Å². The van der Waals surface area contributed by atoms with Gasteiger partial charge in [0.2, 0.25) is 5.91 Å². The quantitative estimate of drug-likeness (QED) is 0.824. The van der Waals surface area contributed by atoms with Crippen molar-refractivity contribution in [1.29, 1.82) is 0 Å². The first kappa shape index (κ1) is 16.9. The third-order valence-corrected chi connectivity index (χ3v) is 4.92. The minimum absolute atomic E-state index is 0.0343. The van der Waals surface area contributed by atoms with Crippen LogP contribution in [0.15, 0.2) is 18.2 Å². The summed E-state index contributed by atoms with van der Waals surface area (Å²) in [5, 5.41) is 0. The molecule has 2 aliphatic heterocycles. The first-order valence-corrected chi connectivity index (χ1v) is 8.50. The molecule has 2 amide bonds. The Morgan fingerprint density at radius 2 is 2.12 bits per heavy atom. The van der Waals surface area contributed by atoms with Crippen LogP contribution in [0.1, 0.15) is 36.5 Å². The van der Waals surface area contributed by atoms with Gasteiger partial charge in [0.05, 0.1) is 6.61 Å². The summed E-state index contributed by atoms with van der Waals surface area (Å²) in [4.78, 5) is 33.0. The number of aryl methyl sites for hydroxylation is 1. The van der Waals surface area contributed by atoms with Gasteiger partial charge in [0.1, 0.15) is 12.3 Å². The number of nitrogens with zero attached hydrogens (tertiary/aromatic N) is 3. The maximum Gasteiger partial charge on any atom is 0.272 e. The van der Waals surface area contributed by atoms with Gasteiger partial charge in [-0.15, -0.1) is 0 Å². The highest BCUT2D eigenvalue weighted by Gasteiger charge is 2.44. The average Bonchev–Trinajstić information content (AvgIpc) is 2.88. The molecule has 0 N–H and O–H groups in total. The number of likely N-dealkylation sites (tertiary alicyclic amines) is 1. The molecule has 0 saturated carbocycles. The van der Waals surface area contributed by atoms with Gasteiger partial charge in [-0.2, -0.15) is 0 Å². The summed E-state index contributed by atoms with van der Waals surface area (Å²) in [5.41, 5.74) is 1.15. The van der Waals surface area contributed by atoms with Crippen molar-refractivity contribution in [1.82, 2.24) is 14.8 Å². The maximum absolute atomic E-state index is 12.7. The minimum Gasteiger partial charge on any atom is -0.371 e. The lowest BCUT2D eigenvalue weighted by Gasteiger charge is -2.34. The predicted octanol–water partition coefficient (Wildman–Crippen LogP) is 1.49. The van der Waals surface area contributed by atoms with Gasteiger partial charge in [0, 0.05) is 36.8 Å². The molecule has 3 heterocycles. The molecule has 130 valence electrons. The molecule has 0 aromatic carbocycles. The van der Waals surface area contributed by atoms with Crippen LogP contribution in [0.3, 0.4) is 0 Å². The Kier molecular flexibility index (Phi) is 4.58. The van der Waals surface area contributed by atoms with Gasteiger partial charge in [0.15, 0.2) is 0 Å². The molecule has 0 aliphatic carbocycles. The Labute approximate surface area is 142 Å². The van der Waals surface area contributed by atoms with E-state index >= 15 is 0 Å². The van der Waals surface area contributed by atoms with Crippen molar-refractivity contribution in [3.63, 3.8) is 0 Å². The summed E-state index contributed by atoms with van der Waals surface area (Å²) in [5.74, 6) is -0.00533. The molecular formula is C18H25N3O3. The standard InChI is InChI=1S/C18H25N3O3/c1-13(2)21-11-18(12-24-9-16(21)22)7-8-20(10-18)17(23)15-6-4-5-14(3)19-15/h4-6,13H,7-12H2,1-3H3. The van der Waals surface area contributed by atoms with Gasteiger partial charge in [-0.3, -0.25) is 9.59 Å². The van der Waals surface area contributed by atoms with E-state index in [-0.39, 0.29) is 29.9 Å². The zero-order valence-electron chi connectivity index (χ0n) is 14.6. The van der Waals surface area contributed by atoms with Crippen molar-refractivity contribution in [2.45, 2.75) is 33.2 Å². The molecule has 3 rings (SSSR count). The number of hydrogen-bond acceptors (Lipinski definition) is 4. The second kappa shape index (κ2) is 6.51. The maximum atomic E-state index is 12.7. The lowest BCUT2D eigenvalue weighted by Crippen LogP contribution is -2.46. The zero-order chi connectivity index (χ0) is 17.3. The van der Waals surface area contributed by atoms with Gasteiger partial charge < -0.3 is 14.5 Å². The van der Waals surface area contributed by atoms with Gasteiger partial charge in [-0.1, -0.05) is 6.07 Å². The molecule has 1 unspecified atom stereocenters. The van der Waals surface area contributed by atoms with E-state index in [9.17, 15) is 9.59 Å². The fourth-order valence-corrected chi connectivity index (χ4v) is 3.58. The lowest BCUT2D eigenvalue weighted by atomic mass is 9.87. The number of rotatable bonds is 2. The van der Waals surface area contributed by atoms with Crippen molar-refractivity contribution < 1.29 is 14.3 Å². The smallest absolute Gasteiger partial charge is 0.272 e. The minimum atomic E-state index is -0.171. The lowest BCUT2D eigenvalue weighted by molar-refractivity contribution is -0.135. The highest BCUT2D eigenvalue weighted by atomic mass is 16.5. The highest BCUT2D eigenvalue weighted by molar-refractivity contribution is 5.92. The number of ether oxygens (including phenoxy) is 1. The van der Waals surface area contributed by atoms with E-state index < -0.39 is 0 Å². The van der Waals surface area contributed by atoms with Crippen molar-refractivity contribution in [3.05, 3.63) is 29.6 Å². The molecule has 1 aromatic heterocycles. The number of aromatic nitrogens is 1. The van der Waals surface area contributed by atoms with Crippen LogP contribution in [0.4, 0.5) is 0 Å². The Morgan fingerprint density at radius 3 is 2.83 bits per heavy atom. The van der Waals surface area contributed by atoms with Crippen molar-refractivity contribution >= 4 is 11.8 Å². The number of amides is 2. The van der Waals surface area contributed by atoms with Crippen LogP contribution in [0.25, 0.3) is 0 Å². The molecule has 24 heavy (non-hydrogen) atoms. The molecule has 6 nitrogen and oxygen atoms in total. The zero-order valence-corrected chi connectivity index (χ0v) is 14.6. The van der Waals surface area contributed by atoms with Crippen LogP contribution < -0.4 is 0 Å². The van der Waals surface area contributed by atoms with Gasteiger partial charge in [0.25, 0.3) is 5.91 Å². The van der Waals surface area contributed by atoms with Gasteiger partial charge >= 0.3 is 0 Å². The second-order valence-corrected chi connectivity index (χ2v) is 7.25. The Morgan fingerprint density at radius 1 is 1.33 bits per heavy atom. The molecule has 0 bridgehead atoms. The summed E-state index contributed by atoms with van der Waals surface area (Å²) in [7, 11) is 0. The largest absolute Gasteiger partial charge is 0.371 e. The second-order valence-electron chi connectivity index (χ2n) is 7.25. The van der Waals surface area contributed by atoms with E-state index in [1.165, 1.54) is 0 Å². The van der Waals surface area contributed by atoms with E-state index in [4.69, 9.17) is 4.74 Å². The third kappa shape index (κ3) is 3.29. The third-order valence-electron chi connectivity index (χ3n) is 4.92. The van der Waals surface area contributed by atoms with Crippen LogP contribution in [0.2, 0.25) is 0 Å². The monoisotopic (exact) mass is 331 g/mol. The van der Waals surface area contributed by atoms with Crippen LogP contribution in [-0.2, 0) is 9.53 Å². The molecule has 2 saturated heterocycles. The molecule has 2 fully saturated rings. The molecule has 0 radical (unpaired) electrons. The van der Waals surface area contributed by atoms with Crippen LogP contribution in [-0.4, -0.2) is 65.5 Å². The van der Waals surface area contributed by atoms with Gasteiger partial charge in [-0.25, -0.2) is 4.98 Å². The summed E-state index contributed by atoms with van der Waals surface area (Å²) in [6.45, 7) is 8.51. The first-order chi connectivity index (χ1) is 11.4. The van der Waals surface area contributed by atoms with E-state index in [1.807, 2.05) is 42.7 Å². The number of pyridine rings is 1. The summed E-state index contributed by atoms with van der Waals surface area (Å²) in [6.07, 6.45) is 0.848. The molecule has 6 heteroatoms. The highest BCUT2D eigenvalue weighted by Crippen LogP contribution is 2.34. The van der Waals surface area contributed by atoms with Crippen LogP contribution in [0, 0.1) is 12.3 Å². The number of carbonyl (C=O) groups excluding carboxylic acids is 2. The number of carbonyl (C=O) groups is 2.